The number of hydrogen-bond acceptors (Lipinski definition) is 9. The van der Waals surface area contributed by atoms with E-state index >= 15 is 0 Å². The van der Waals surface area contributed by atoms with Crippen molar-refractivity contribution in [2.45, 2.75) is 104 Å². The zero-order chi connectivity index (χ0) is 36.0. The van der Waals surface area contributed by atoms with Gasteiger partial charge in [-0.05, 0) is 75.7 Å². The summed E-state index contributed by atoms with van der Waals surface area (Å²) in [6.07, 6.45) is 14.2. The molecule has 1 aromatic rings. The number of carbonyl (C=O) groups excluding carboxylic acids is 3. The molecule has 1 unspecified atom stereocenters. The van der Waals surface area contributed by atoms with E-state index in [9.17, 15) is 27.4 Å². The Bertz CT molecular complexity index is 1810. The number of aryl methyl sites for hydroxylation is 1. The van der Waals surface area contributed by atoms with Gasteiger partial charge >= 0.3 is 5.97 Å². The van der Waals surface area contributed by atoms with Crippen molar-refractivity contribution in [1.29, 1.82) is 0 Å². The fraction of sp³-hybridized carbons (Fsp3) is 0.579. The predicted molar refractivity (Wildman–Crippen MR) is 188 cm³/mol. The van der Waals surface area contributed by atoms with Gasteiger partial charge in [-0.2, -0.15) is 0 Å². The van der Waals surface area contributed by atoms with Crippen molar-refractivity contribution in [2.24, 2.45) is 10.8 Å². The maximum atomic E-state index is 12.4. The van der Waals surface area contributed by atoms with Gasteiger partial charge in [0.1, 0.15) is 33.4 Å². The van der Waals surface area contributed by atoms with E-state index in [0.717, 1.165) is 67.1 Å². The van der Waals surface area contributed by atoms with Gasteiger partial charge < -0.3 is 19.0 Å². The van der Waals surface area contributed by atoms with Gasteiger partial charge in [0.2, 0.25) is 0 Å². The van der Waals surface area contributed by atoms with E-state index in [4.69, 9.17) is 9.57 Å². The number of carbonyl (C=O) groups is 3. The van der Waals surface area contributed by atoms with Gasteiger partial charge in [0.25, 0.3) is 11.8 Å². The number of hydroxylamine groups is 2. The van der Waals surface area contributed by atoms with E-state index in [-0.39, 0.29) is 31.2 Å². The second kappa shape index (κ2) is 13.7. The lowest BCUT2D eigenvalue weighted by molar-refractivity contribution is -0.519. The lowest BCUT2D eigenvalue weighted by atomic mass is 9.83. The summed E-state index contributed by atoms with van der Waals surface area (Å²) >= 11 is 0. The normalized spacial score (nSPS) is 22.6. The number of unbranched alkanes of at least 4 members (excludes halogenated alkanes) is 2. The summed E-state index contributed by atoms with van der Waals surface area (Å²) in [5.74, 6) is 0.169. The van der Waals surface area contributed by atoms with Crippen LogP contribution in [-0.2, 0) is 42.2 Å². The van der Waals surface area contributed by atoms with Crippen LogP contribution in [0.3, 0.4) is 0 Å². The number of allylic oxidation sites excluding steroid dienone is 6. The van der Waals surface area contributed by atoms with E-state index < -0.39 is 38.6 Å². The molecule has 11 nitrogen and oxygen atoms in total. The minimum atomic E-state index is -4.58. The van der Waals surface area contributed by atoms with Crippen LogP contribution in [0.2, 0.25) is 0 Å². The highest BCUT2D eigenvalue weighted by atomic mass is 32.2. The SMILES string of the molecule is CC(C)(C)C1=C/C(=C\C=C\C2=[N+](CCCCCC(=O)ON3C(=O)CCC3=O)CC(S(=O)(=O)[O-])C2(C)C)c2cc3c4c(c2O1)CCCN4CCC3. The largest absolute Gasteiger partial charge is 0.748 e. The Morgan fingerprint density at radius 1 is 1.08 bits per heavy atom. The molecule has 5 heterocycles. The first-order chi connectivity index (χ1) is 23.6. The summed E-state index contributed by atoms with van der Waals surface area (Å²) in [6, 6.07) is 2.29. The van der Waals surface area contributed by atoms with Crippen LogP contribution in [0.4, 0.5) is 5.69 Å². The molecular weight excluding hydrogens is 658 g/mol. The summed E-state index contributed by atoms with van der Waals surface area (Å²) in [5.41, 5.74) is 5.76. The highest BCUT2D eigenvalue weighted by molar-refractivity contribution is 7.86. The van der Waals surface area contributed by atoms with Crippen molar-refractivity contribution in [2.75, 3.05) is 31.1 Å². The molecule has 1 saturated heterocycles. The van der Waals surface area contributed by atoms with Gasteiger partial charge in [0.05, 0.1) is 5.41 Å². The first-order valence-corrected chi connectivity index (χ1v) is 19.4. The fourth-order valence-electron chi connectivity index (χ4n) is 7.91. The number of rotatable bonds is 10. The average molecular weight is 708 g/mol. The number of benzene rings is 1. The highest BCUT2D eigenvalue weighted by Gasteiger charge is 2.50. The molecule has 0 N–H and O–H groups in total. The number of hydrogen-bond donors (Lipinski definition) is 0. The number of nitrogens with zero attached hydrogens (tertiary/aromatic N) is 3. The molecule has 0 spiro atoms. The summed E-state index contributed by atoms with van der Waals surface area (Å²) in [5, 5.41) is -0.552. The number of fused-ring (bicyclic) bond motifs is 2. The standard InChI is InChI=1S/C38H49N3O8S/c1-37(2,3)30-23-25(28-22-26-13-10-20-39-21-11-14-27(35(26)39)36(28)48-30)12-9-15-29-38(4,5)31(50(45,46)47)24-40(29)19-8-6-7-16-34(44)49-41-32(42)17-18-33(41)43/h9,12,15,22-23,31H,6-8,10-11,13-14,16-21,24H2,1-5H3. The second-order valence-corrected chi connectivity index (χ2v) is 17.2. The number of anilines is 1. The molecule has 1 aromatic carbocycles. The smallest absolute Gasteiger partial charge is 0.333 e. The Balaban J connectivity index is 1.23. The van der Waals surface area contributed by atoms with E-state index in [1.54, 1.807) is 13.8 Å². The van der Waals surface area contributed by atoms with E-state index in [0.29, 0.717) is 30.9 Å². The van der Waals surface area contributed by atoms with Crippen LogP contribution in [-0.4, -0.2) is 77.5 Å². The third-order valence-corrected chi connectivity index (χ3v) is 12.0. The summed E-state index contributed by atoms with van der Waals surface area (Å²) in [6.45, 7) is 12.8. The number of imide groups is 1. The van der Waals surface area contributed by atoms with E-state index in [1.165, 1.54) is 16.8 Å². The van der Waals surface area contributed by atoms with Gasteiger partial charge in [-0.25, -0.2) is 17.8 Å². The number of amides is 2. The Morgan fingerprint density at radius 3 is 2.46 bits per heavy atom. The van der Waals surface area contributed by atoms with Crippen LogP contribution >= 0.6 is 0 Å². The quantitative estimate of drug-likeness (QED) is 0.139. The van der Waals surface area contributed by atoms with Gasteiger partial charge in [0, 0.05) is 67.1 Å². The third kappa shape index (κ3) is 7.19. The van der Waals surface area contributed by atoms with Crippen LogP contribution in [0, 0.1) is 10.8 Å². The summed E-state index contributed by atoms with van der Waals surface area (Å²) in [7, 11) is -4.58. The molecule has 270 valence electrons. The molecule has 6 rings (SSSR count). The van der Waals surface area contributed by atoms with Crippen molar-refractivity contribution in [1.82, 2.24) is 5.06 Å². The highest BCUT2D eigenvalue weighted by Crippen LogP contribution is 2.49. The third-order valence-electron chi connectivity index (χ3n) is 10.6. The molecular formula is C38H49N3O8S. The average Bonchev–Trinajstić information content (AvgIpc) is 3.50. The second-order valence-electron chi connectivity index (χ2n) is 15.7. The lowest BCUT2D eigenvalue weighted by Gasteiger charge is -2.40. The van der Waals surface area contributed by atoms with Gasteiger partial charge in [-0.15, -0.1) is 5.06 Å². The van der Waals surface area contributed by atoms with Crippen molar-refractivity contribution < 1.29 is 41.5 Å². The molecule has 0 aliphatic carbocycles. The topological polar surface area (TPSA) is 136 Å². The van der Waals surface area contributed by atoms with Crippen LogP contribution in [0.15, 0.2) is 36.1 Å². The van der Waals surface area contributed by atoms with E-state index in [1.807, 2.05) is 16.7 Å². The molecule has 12 heteroatoms. The monoisotopic (exact) mass is 707 g/mol. The molecule has 0 saturated carbocycles. The molecule has 0 bridgehead atoms. The van der Waals surface area contributed by atoms with Crippen molar-refractivity contribution in [3.05, 3.63) is 52.8 Å². The molecule has 1 atom stereocenters. The minimum absolute atomic E-state index is 0.0423. The van der Waals surface area contributed by atoms with Crippen molar-refractivity contribution >= 4 is 44.9 Å². The lowest BCUT2D eigenvalue weighted by Crippen LogP contribution is -2.38. The van der Waals surface area contributed by atoms with Gasteiger partial charge in [-0.3, -0.25) is 9.59 Å². The van der Waals surface area contributed by atoms with Gasteiger partial charge in [-0.1, -0.05) is 32.9 Å². The minimum Gasteiger partial charge on any atom is -0.748 e. The number of ether oxygens (including phenoxy) is 1. The maximum absolute atomic E-state index is 12.4. The predicted octanol–water partition coefficient (Wildman–Crippen LogP) is 5.22. The fourth-order valence-corrected chi connectivity index (χ4v) is 9.11. The van der Waals surface area contributed by atoms with Crippen molar-refractivity contribution in [3.63, 3.8) is 0 Å². The molecule has 5 aliphatic rings. The van der Waals surface area contributed by atoms with Crippen LogP contribution in [0.1, 0.15) is 103 Å². The van der Waals surface area contributed by atoms with Gasteiger partial charge in [0.15, 0.2) is 12.3 Å². The first-order valence-electron chi connectivity index (χ1n) is 17.9. The zero-order valence-electron chi connectivity index (χ0n) is 29.9. The summed E-state index contributed by atoms with van der Waals surface area (Å²) < 4.78 is 45.9. The molecule has 5 aliphatic heterocycles. The van der Waals surface area contributed by atoms with Crippen molar-refractivity contribution in [3.8, 4) is 5.75 Å². The zero-order valence-corrected chi connectivity index (χ0v) is 30.7. The van der Waals surface area contributed by atoms with Crippen LogP contribution in [0.25, 0.3) is 5.57 Å². The Kier molecular flexibility index (Phi) is 9.91. The van der Waals surface area contributed by atoms with Crippen LogP contribution in [0.5, 0.6) is 5.75 Å². The summed E-state index contributed by atoms with van der Waals surface area (Å²) in [4.78, 5) is 43.1. The maximum Gasteiger partial charge on any atom is 0.333 e. The Labute approximate surface area is 295 Å². The molecule has 0 radical (unpaired) electrons. The van der Waals surface area contributed by atoms with Crippen LogP contribution < -0.4 is 9.64 Å². The Hall–Kier alpha value is -3.77. The molecule has 0 aromatic heterocycles. The molecule has 50 heavy (non-hydrogen) atoms. The molecule has 2 amide bonds. The van der Waals surface area contributed by atoms with E-state index in [2.05, 4.69) is 43.9 Å². The first kappa shape index (κ1) is 36.0. The Morgan fingerprint density at radius 2 is 1.78 bits per heavy atom. The molecule has 1 fully saturated rings.